The molecule has 0 bridgehead atoms. The predicted octanol–water partition coefficient (Wildman–Crippen LogP) is 4.14. The molecule has 2 rings (SSSR count). The Morgan fingerprint density at radius 2 is 1.70 bits per heavy atom. The average Bonchev–Trinajstić information content (AvgIpc) is 2.48. The Morgan fingerprint density at radius 3 is 2.25 bits per heavy atom. The van der Waals surface area contributed by atoms with Gasteiger partial charge in [-0.15, -0.1) is 0 Å². The molecule has 2 aromatic carbocycles. The summed E-state index contributed by atoms with van der Waals surface area (Å²) in [5.74, 6) is -1.00. The fraction of sp³-hybridized carbons (Fsp3) is 0.294. The molecule has 0 radical (unpaired) electrons. The van der Waals surface area contributed by atoms with Gasteiger partial charge in [-0.25, -0.2) is 8.78 Å². The number of hydrogen-bond acceptors (Lipinski definition) is 1. The van der Waals surface area contributed by atoms with Crippen LogP contribution in [0.25, 0.3) is 0 Å². The molecule has 106 valence electrons. The molecule has 1 atom stereocenters. The Morgan fingerprint density at radius 1 is 1.05 bits per heavy atom. The third kappa shape index (κ3) is 2.73. The third-order valence-electron chi connectivity index (χ3n) is 3.62. The van der Waals surface area contributed by atoms with E-state index < -0.39 is 17.7 Å². The summed E-state index contributed by atoms with van der Waals surface area (Å²) in [7, 11) is 1.71. The minimum Gasteiger partial charge on any atom is -0.309 e. The summed E-state index contributed by atoms with van der Waals surface area (Å²) < 4.78 is 28.3. The molecule has 1 nitrogen and oxygen atoms in total. The molecular weight excluding hydrogens is 256 g/mol. The highest BCUT2D eigenvalue weighted by atomic mass is 19.1. The van der Waals surface area contributed by atoms with Crippen LogP contribution in [0.4, 0.5) is 8.78 Å². The maximum atomic E-state index is 14.3. The van der Waals surface area contributed by atoms with Crippen molar-refractivity contribution in [1.29, 1.82) is 0 Å². The van der Waals surface area contributed by atoms with Crippen molar-refractivity contribution in [2.45, 2.75) is 26.3 Å². The molecule has 0 saturated heterocycles. The lowest BCUT2D eigenvalue weighted by Crippen LogP contribution is -2.21. The van der Waals surface area contributed by atoms with E-state index in [-0.39, 0.29) is 5.56 Å². The molecule has 2 aromatic rings. The first-order valence-corrected chi connectivity index (χ1v) is 6.79. The molecule has 0 amide bonds. The number of aryl methyl sites for hydroxylation is 2. The van der Waals surface area contributed by atoms with E-state index in [2.05, 4.69) is 12.2 Å². The Labute approximate surface area is 118 Å². The zero-order valence-corrected chi connectivity index (χ0v) is 12.0. The number of halogens is 2. The molecule has 0 aliphatic heterocycles. The summed E-state index contributed by atoms with van der Waals surface area (Å²) in [6.45, 7) is 3.72. The van der Waals surface area contributed by atoms with Crippen LogP contribution < -0.4 is 5.32 Å². The van der Waals surface area contributed by atoms with Crippen molar-refractivity contribution in [1.82, 2.24) is 5.32 Å². The monoisotopic (exact) mass is 275 g/mol. The van der Waals surface area contributed by atoms with Crippen molar-refractivity contribution < 1.29 is 8.78 Å². The van der Waals surface area contributed by atoms with Gasteiger partial charge in [-0.1, -0.05) is 37.3 Å². The quantitative estimate of drug-likeness (QED) is 0.884. The Hall–Kier alpha value is -1.74. The number of hydrogen-bond donors (Lipinski definition) is 1. The first-order valence-electron chi connectivity index (χ1n) is 6.79. The van der Waals surface area contributed by atoms with Crippen molar-refractivity contribution in [2.75, 3.05) is 7.05 Å². The zero-order chi connectivity index (χ0) is 14.7. The maximum Gasteiger partial charge on any atom is 0.134 e. The lowest BCUT2D eigenvalue weighted by atomic mass is 9.95. The number of rotatable bonds is 4. The molecule has 0 fully saturated rings. The topological polar surface area (TPSA) is 12.0 Å². The van der Waals surface area contributed by atoms with Crippen LogP contribution in [0.1, 0.15) is 35.2 Å². The van der Waals surface area contributed by atoms with Gasteiger partial charge >= 0.3 is 0 Å². The molecule has 1 N–H and O–H groups in total. The van der Waals surface area contributed by atoms with E-state index in [0.717, 1.165) is 12.0 Å². The summed E-state index contributed by atoms with van der Waals surface area (Å²) in [4.78, 5) is 0. The molecule has 1 unspecified atom stereocenters. The van der Waals surface area contributed by atoms with Crippen LogP contribution in [0.15, 0.2) is 36.4 Å². The van der Waals surface area contributed by atoms with E-state index in [9.17, 15) is 8.78 Å². The standard InChI is InChI=1S/C17H19F2N/c1-4-12-6-8-13(9-7-12)17(20-3)15-14(18)10-5-11(2)16(15)19/h5-10,17,20H,4H2,1-3H3. The van der Waals surface area contributed by atoms with E-state index >= 15 is 0 Å². The summed E-state index contributed by atoms with van der Waals surface area (Å²) in [5, 5.41) is 3.00. The molecule has 0 aliphatic carbocycles. The van der Waals surface area contributed by atoms with Crippen molar-refractivity contribution >= 4 is 0 Å². The van der Waals surface area contributed by atoms with Crippen molar-refractivity contribution in [3.05, 3.63) is 70.3 Å². The Kier molecular flexibility index (Phi) is 4.50. The van der Waals surface area contributed by atoms with Gasteiger partial charge in [-0.2, -0.15) is 0 Å². The van der Waals surface area contributed by atoms with Gasteiger partial charge in [0, 0.05) is 5.56 Å². The summed E-state index contributed by atoms with van der Waals surface area (Å²) in [6.07, 6.45) is 0.942. The molecule has 0 saturated carbocycles. The minimum absolute atomic E-state index is 0.0803. The van der Waals surface area contributed by atoms with Crippen LogP contribution in [0.5, 0.6) is 0 Å². The largest absolute Gasteiger partial charge is 0.309 e. The summed E-state index contributed by atoms with van der Waals surface area (Å²) in [5.41, 5.74) is 2.59. The van der Waals surface area contributed by atoms with Crippen LogP contribution in [0.2, 0.25) is 0 Å². The third-order valence-corrected chi connectivity index (χ3v) is 3.62. The van der Waals surface area contributed by atoms with E-state index in [4.69, 9.17) is 0 Å². The van der Waals surface area contributed by atoms with Crippen LogP contribution in [-0.4, -0.2) is 7.05 Å². The van der Waals surface area contributed by atoms with Crippen LogP contribution in [0.3, 0.4) is 0 Å². The van der Waals surface area contributed by atoms with Crippen LogP contribution >= 0.6 is 0 Å². The van der Waals surface area contributed by atoms with Gasteiger partial charge < -0.3 is 5.32 Å². The fourth-order valence-electron chi connectivity index (χ4n) is 2.37. The lowest BCUT2D eigenvalue weighted by Gasteiger charge is -2.20. The van der Waals surface area contributed by atoms with E-state index in [1.807, 2.05) is 24.3 Å². The minimum atomic E-state index is -0.521. The predicted molar refractivity (Wildman–Crippen MR) is 77.8 cm³/mol. The first kappa shape index (κ1) is 14.7. The van der Waals surface area contributed by atoms with Gasteiger partial charge in [0.25, 0.3) is 0 Å². The Bertz CT molecular complexity index is 591. The molecule has 0 aliphatic rings. The van der Waals surface area contributed by atoms with E-state index in [1.54, 1.807) is 14.0 Å². The summed E-state index contributed by atoms with van der Waals surface area (Å²) in [6, 6.07) is 10.1. The normalized spacial score (nSPS) is 12.4. The summed E-state index contributed by atoms with van der Waals surface area (Å²) >= 11 is 0. The van der Waals surface area contributed by atoms with Crippen LogP contribution in [-0.2, 0) is 6.42 Å². The zero-order valence-electron chi connectivity index (χ0n) is 12.0. The molecular formula is C17H19F2N. The van der Waals surface area contributed by atoms with Gasteiger partial charge in [-0.05, 0) is 43.1 Å². The van der Waals surface area contributed by atoms with Crippen molar-refractivity contribution in [3.63, 3.8) is 0 Å². The maximum absolute atomic E-state index is 14.3. The van der Waals surface area contributed by atoms with Gasteiger partial charge in [0.15, 0.2) is 0 Å². The highest BCUT2D eigenvalue weighted by Gasteiger charge is 2.21. The average molecular weight is 275 g/mol. The lowest BCUT2D eigenvalue weighted by molar-refractivity contribution is 0.517. The highest BCUT2D eigenvalue weighted by molar-refractivity contribution is 5.37. The van der Waals surface area contributed by atoms with E-state index in [0.29, 0.717) is 5.56 Å². The van der Waals surface area contributed by atoms with Gasteiger partial charge in [-0.3, -0.25) is 0 Å². The Balaban J connectivity index is 2.49. The van der Waals surface area contributed by atoms with E-state index in [1.165, 1.54) is 17.7 Å². The molecule has 0 aromatic heterocycles. The van der Waals surface area contributed by atoms with Crippen molar-refractivity contribution in [3.8, 4) is 0 Å². The van der Waals surface area contributed by atoms with Crippen LogP contribution in [0, 0.1) is 18.6 Å². The number of benzene rings is 2. The molecule has 20 heavy (non-hydrogen) atoms. The second kappa shape index (κ2) is 6.14. The molecule has 3 heteroatoms. The SMILES string of the molecule is CCc1ccc(C(NC)c2c(F)ccc(C)c2F)cc1. The smallest absolute Gasteiger partial charge is 0.134 e. The second-order valence-electron chi connectivity index (χ2n) is 4.91. The van der Waals surface area contributed by atoms with Crippen molar-refractivity contribution in [2.24, 2.45) is 0 Å². The highest BCUT2D eigenvalue weighted by Crippen LogP contribution is 2.28. The fourth-order valence-corrected chi connectivity index (χ4v) is 2.37. The first-order chi connectivity index (χ1) is 9.58. The van der Waals surface area contributed by atoms with Gasteiger partial charge in [0.05, 0.1) is 6.04 Å². The number of nitrogens with one attached hydrogen (secondary N) is 1. The van der Waals surface area contributed by atoms with Gasteiger partial charge in [0.2, 0.25) is 0 Å². The molecule has 0 heterocycles. The second-order valence-corrected chi connectivity index (χ2v) is 4.91. The van der Waals surface area contributed by atoms with Gasteiger partial charge in [0.1, 0.15) is 11.6 Å². The molecule has 0 spiro atoms.